The first-order valence-corrected chi connectivity index (χ1v) is 6.20. The van der Waals surface area contributed by atoms with E-state index in [4.69, 9.17) is 5.73 Å². The second kappa shape index (κ2) is 7.51. The highest BCUT2D eigenvalue weighted by atomic mass is 14.7. The van der Waals surface area contributed by atoms with E-state index >= 15 is 0 Å². The monoisotopic (exact) mass is 242 g/mol. The summed E-state index contributed by atoms with van der Waals surface area (Å²) in [4.78, 5) is 3.22. The highest BCUT2D eigenvalue weighted by molar-refractivity contribution is 5.82. The Labute approximate surface area is 109 Å². The minimum atomic E-state index is 0.710. The zero-order chi connectivity index (χ0) is 13.4. The van der Waals surface area contributed by atoms with Gasteiger partial charge < -0.3 is 10.7 Å². The molecule has 0 spiro atoms. The van der Waals surface area contributed by atoms with Gasteiger partial charge in [-0.25, -0.2) is 0 Å². The van der Waals surface area contributed by atoms with E-state index in [1.54, 1.807) is 6.08 Å². The van der Waals surface area contributed by atoms with Gasteiger partial charge in [0.25, 0.3) is 0 Å². The van der Waals surface area contributed by atoms with E-state index in [1.165, 1.54) is 22.0 Å². The minimum Gasteiger partial charge on any atom is -0.361 e. The van der Waals surface area contributed by atoms with Crippen LogP contribution >= 0.6 is 0 Å². The molecule has 0 bridgehead atoms. The van der Waals surface area contributed by atoms with Gasteiger partial charge in [-0.2, -0.15) is 0 Å². The van der Waals surface area contributed by atoms with Gasteiger partial charge in [-0.15, -0.1) is 0 Å². The first kappa shape index (κ1) is 14.3. The van der Waals surface area contributed by atoms with E-state index < -0.39 is 0 Å². The Balaban J connectivity index is 0.000000232. The van der Waals surface area contributed by atoms with Gasteiger partial charge in [-0.1, -0.05) is 42.5 Å². The van der Waals surface area contributed by atoms with Crippen molar-refractivity contribution in [3.63, 3.8) is 0 Å². The van der Waals surface area contributed by atoms with Crippen molar-refractivity contribution in [1.29, 1.82) is 0 Å². The maximum atomic E-state index is 5.50. The summed E-state index contributed by atoms with van der Waals surface area (Å²) in [6.45, 7) is 8.32. The summed E-state index contributed by atoms with van der Waals surface area (Å²) in [6, 6.07) is 8.29. The molecule has 2 nitrogen and oxygen atoms in total. The van der Waals surface area contributed by atoms with Gasteiger partial charge in [-0.05, 0) is 38.4 Å². The molecule has 1 aromatic carbocycles. The van der Waals surface area contributed by atoms with E-state index in [0.29, 0.717) is 6.54 Å². The summed E-state index contributed by atoms with van der Waals surface area (Å²) in [7, 11) is 0. The Kier molecular flexibility index (Phi) is 5.95. The van der Waals surface area contributed by atoms with Gasteiger partial charge in [-0.3, -0.25) is 0 Å². The summed E-state index contributed by atoms with van der Waals surface area (Å²) in [6.07, 6.45) is 6.75. The Bertz CT molecular complexity index is 517. The summed E-state index contributed by atoms with van der Waals surface area (Å²) in [5.74, 6) is 0. The van der Waals surface area contributed by atoms with Crippen LogP contribution in [0.3, 0.4) is 0 Å². The molecule has 0 radical (unpaired) electrons. The SMILES string of the molecule is C=CC=C(C)C.NCCc1c[nH]c2ccccc12. The standard InChI is InChI=1S/C10H12N2.C6H10/c11-6-5-8-7-12-10-4-2-1-3-9(8)10;1-4-5-6(2)3/h1-4,7,12H,5-6,11H2;4-5H,1H2,2-3H3. The number of aromatic nitrogens is 1. The van der Waals surface area contributed by atoms with Gasteiger partial charge in [0.05, 0.1) is 0 Å². The highest BCUT2D eigenvalue weighted by Crippen LogP contribution is 2.17. The molecule has 0 amide bonds. The average Bonchev–Trinajstić information content (AvgIpc) is 2.74. The topological polar surface area (TPSA) is 41.8 Å². The maximum Gasteiger partial charge on any atom is 0.0456 e. The summed E-state index contributed by atoms with van der Waals surface area (Å²) in [5, 5.41) is 1.29. The fraction of sp³-hybridized carbons (Fsp3) is 0.250. The summed E-state index contributed by atoms with van der Waals surface area (Å²) in [5.41, 5.74) is 9.30. The Morgan fingerprint density at radius 1 is 1.33 bits per heavy atom. The smallest absolute Gasteiger partial charge is 0.0456 e. The quantitative estimate of drug-likeness (QED) is 0.790. The molecule has 0 unspecified atom stereocenters. The van der Waals surface area contributed by atoms with Crippen LogP contribution in [0.2, 0.25) is 0 Å². The molecule has 2 heteroatoms. The summed E-state index contributed by atoms with van der Waals surface area (Å²) >= 11 is 0. The molecule has 2 rings (SSSR count). The van der Waals surface area contributed by atoms with Crippen molar-refractivity contribution in [2.45, 2.75) is 20.3 Å². The molecule has 96 valence electrons. The molecule has 0 aliphatic heterocycles. The highest BCUT2D eigenvalue weighted by Gasteiger charge is 1.99. The van der Waals surface area contributed by atoms with E-state index in [9.17, 15) is 0 Å². The molecule has 18 heavy (non-hydrogen) atoms. The number of H-pyrrole nitrogens is 1. The lowest BCUT2D eigenvalue weighted by molar-refractivity contribution is 0.976. The van der Waals surface area contributed by atoms with E-state index in [0.717, 1.165) is 6.42 Å². The van der Waals surface area contributed by atoms with Crippen molar-refractivity contribution >= 4 is 10.9 Å². The van der Waals surface area contributed by atoms with Crippen molar-refractivity contribution in [3.8, 4) is 0 Å². The molecular weight excluding hydrogens is 220 g/mol. The Morgan fingerprint density at radius 3 is 2.61 bits per heavy atom. The zero-order valence-electron chi connectivity index (χ0n) is 11.2. The number of fused-ring (bicyclic) bond motifs is 1. The molecule has 2 aromatic rings. The number of allylic oxidation sites excluding steroid dienone is 3. The van der Waals surface area contributed by atoms with Crippen LogP contribution in [-0.2, 0) is 6.42 Å². The first-order chi connectivity index (χ1) is 8.69. The number of aromatic amines is 1. The van der Waals surface area contributed by atoms with Crippen molar-refractivity contribution in [2.75, 3.05) is 6.54 Å². The van der Waals surface area contributed by atoms with Gasteiger partial charge in [0.2, 0.25) is 0 Å². The zero-order valence-corrected chi connectivity index (χ0v) is 11.2. The van der Waals surface area contributed by atoms with Crippen LogP contribution in [0, 0.1) is 0 Å². The molecule has 1 aromatic heterocycles. The fourth-order valence-corrected chi connectivity index (χ4v) is 1.73. The number of benzene rings is 1. The predicted molar refractivity (Wildman–Crippen MR) is 80.7 cm³/mol. The van der Waals surface area contributed by atoms with Crippen LogP contribution in [0.1, 0.15) is 19.4 Å². The predicted octanol–water partition coefficient (Wildman–Crippen LogP) is 3.81. The lowest BCUT2D eigenvalue weighted by Crippen LogP contribution is -2.01. The summed E-state index contributed by atoms with van der Waals surface area (Å²) < 4.78 is 0. The number of para-hydroxylation sites is 1. The van der Waals surface area contributed by atoms with Gasteiger partial charge in [0, 0.05) is 17.1 Å². The molecule has 0 aliphatic carbocycles. The number of rotatable bonds is 3. The van der Waals surface area contributed by atoms with Gasteiger partial charge in [0.1, 0.15) is 0 Å². The average molecular weight is 242 g/mol. The molecule has 0 aliphatic rings. The van der Waals surface area contributed by atoms with Gasteiger partial charge in [0.15, 0.2) is 0 Å². The maximum absolute atomic E-state index is 5.50. The molecule has 1 heterocycles. The lowest BCUT2D eigenvalue weighted by atomic mass is 10.1. The van der Waals surface area contributed by atoms with Crippen LogP contribution < -0.4 is 5.73 Å². The molecule has 0 atom stereocenters. The molecular formula is C16H22N2. The number of hydrogen-bond donors (Lipinski definition) is 2. The third-order valence-corrected chi connectivity index (χ3v) is 2.54. The molecule has 0 saturated carbocycles. The second-order valence-electron chi connectivity index (χ2n) is 4.38. The van der Waals surface area contributed by atoms with E-state index in [2.05, 4.69) is 29.8 Å². The second-order valence-corrected chi connectivity index (χ2v) is 4.38. The molecule has 0 saturated heterocycles. The van der Waals surface area contributed by atoms with Crippen LogP contribution in [0.4, 0.5) is 0 Å². The third kappa shape index (κ3) is 4.22. The van der Waals surface area contributed by atoms with Crippen molar-refractivity contribution < 1.29 is 0 Å². The minimum absolute atomic E-state index is 0.710. The number of nitrogens with two attached hydrogens (primary N) is 1. The van der Waals surface area contributed by atoms with Crippen LogP contribution in [-0.4, -0.2) is 11.5 Å². The van der Waals surface area contributed by atoms with Crippen LogP contribution in [0.5, 0.6) is 0 Å². The number of hydrogen-bond acceptors (Lipinski definition) is 1. The Morgan fingerprint density at radius 2 is 2.06 bits per heavy atom. The van der Waals surface area contributed by atoms with Crippen molar-refractivity contribution in [1.82, 2.24) is 4.98 Å². The normalized spacial score (nSPS) is 9.50. The lowest BCUT2D eigenvalue weighted by Gasteiger charge is -1.93. The van der Waals surface area contributed by atoms with E-state index in [1.807, 2.05) is 32.2 Å². The number of nitrogens with one attached hydrogen (secondary N) is 1. The van der Waals surface area contributed by atoms with Crippen LogP contribution in [0.15, 0.2) is 54.8 Å². The fourth-order valence-electron chi connectivity index (χ4n) is 1.73. The van der Waals surface area contributed by atoms with Gasteiger partial charge >= 0.3 is 0 Å². The third-order valence-electron chi connectivity index (χ3n) is 2.54. The van der Waals surface area contributed by atoms with Crippen molar-refractivity contribution in [2.24, 2.45) is 5.73 Å². The van der Waals surface area contributed by atoms with E-state index in [-0.39, 0.29) is 0 Å². The molecule has 0 fully saturated rings. The molecule has 3 N–H and O–H groups in total. The first-order valence-electron chi connectivity index (χ1n) is 6.20. The van der Waals surface area contributed by atoms with Crippen molar-refractivity contribution in [3.05, 3.63) is 60.3 Å². The Hall–Kier alpha value is -1.80. The van der Waals surface area contributed by atoms with Crippen LogP contribution in [0.25, 0.3) is 10.9 Å². The largest absolute Gasteiger partial charge is 0.361 e.